The van der Waals surface area contributed by atoms with Crippen molar-refractivity contribution in [1.82, 2.24) is 9.55 Å². The lowest BCUT2D eigenvalue weighted by molar-refractivity contribution is 0.102. The van der Waals surface area contributed by atoms with Crippen LogP contribution in [-0.2, 0) is 6.54 Å². The Morgan fingerprint density at radius 2 is 2.00 bits per heavy atom. The predicted octanol–water partition coefficient (Wildman–Crippen LogP) is 4.72. The molecule has 0 radical (unpaired) electrons. The van der Waals surface area contributed by atoms with Gasteiger partial charge in [0.1, 0.15) is 0 Å². The van der Waals surface area contributed by atoms with Crippen molar-refractivity contribution in [2.24, 2.45) is 0 Å². The molecule has 2 aromatic carbocycles. The van der Waals surface area contributed by atoms with E-state index in [4.69, 9.17) is 11.6 Å². The molecule has 0 fully saturated rings. The van der Waals surface area contributed by atoms with Crippen molar-refractivity contribution >= 4 is 44.2 Å². The summed E-state index contributed by atoms with van der Waals surface area (Å²) >= 11 is 7.60. The second-order valence-electron chi connectivity index (χ2n) is 6.42. The number of rotatable bonds is 4. The number of hydrogen-bond donors (Lipinski definition) is 1. The Kier molecular flexibility index (Phi) is 4.98. The topological polar surface area (TPSA) is 64.0 Å². The van der Waals surface area contributed by atoms with Gasteiger partial charge in [0.05, 0.1) is 22.3 Å². The van der Waals surface area contributed by atoms with Crippen LogP contribution in [0.3, 0.4) is 0 Å². The third kappa shape index (κ3) is 3.83. The van der Waals surface area contributed by atoms with Crippen LogP contribution in [0.4, 0.5) is 5.13 Å². The third-order valence-electron chi connectivity index (χ3n) is 4.31. The highest BCUT2D eigenvalue weighted by atomic mass is 35.5. The number of aromatic nitrogens is 2. The lowest BCUT2D eigenvalue weighted by atomic mass is 10.2. The quantitative estimate of drug-likeness (QED) is 0.530. The maximum atomic E-state index is 12.7. The Morgan fingerprint density at radius 1 is 1.18 bits per heavy atom. The number of fused-ring (bicyclic) bond motifs is 1. The zero-order valence-corrected chi connectivity index (χ0v) is 16.6. The number of carbonyl (C=O) groups is 1. The predicted molar refractivity (Wildman–Crippen MR) is 114 cm³/mol. The number of pyridine rings is 1. The van der Waals surface area contributed by atoms with E-state index in [9.17, 15) is 9.59 Å². The molecule has 0 aliphatic carbocycles. The molecule has 1 amide bonds. The highest BCUT2D eigenvalue weighted by Crippen LogP contribution is 2.27. The summed E-state index contributed by atoms with van der Waals surface area (Å²) in [6, 6.07) is 16.2. The first-order chi connectivity index (χ1) is 13.5. The van der Waals surface area contributed by atoms with Crippen LogP contribution in [0, 0.1) is 6.92 Å². The van der Waals surface area contributed by atoms with E-state index in [0.717, 1.165) is 21.3 Å². The van der Waals surface area contributed by atoms with Gasteiger partial charge >= 0.3 is 0 Å². The molecule has 0 spiro atoms. The van der Waals surface area contributed by atoms with Crippen LogP contribution >= 0.6 is 22.9 Å². The molecule has 28 heavy (non-hydrogen) atoms. The number of benzene rings is 2. The highest BCUT2D eigenvalue weighted by molar-refractivity contribution is 7.22. The van der Waals surface area contributed by atoms with Gasteiger partial charge in [0, 0.05) is 17.3 Å². The molecule has 2 aromatic heterocycles. The molecule has 0 saturated carbocycles. The summed E-state index contributed by atoms with van der Waals surface area (Å²) in [4.78, 5) is 29.3. The number of aryl methyl sites for hydroxylation is 1. The van der Waals surface area contributed by atoms with Crippen molar-refractivity contribution in [3.8, 4) is 0 Å². The fourth-order valence-electron chi connectivity index (χ4n) is 2.85. The van der Waals surface area contributed by atoms with E-state index in [1.165, 1.54) is 28.0 Å². The van der Waals surface area contributed by atoms with Crippen LogP contribution in [0.2, 0.25) is 5.02 Å². The molecule has 1 N–H and O–H groups in total. The fourth-order valence-corrected chi connectivity index (χ4v) is 4.01. The van der Waals surface area contributed by atoms with Crippen molar-refractivity contribution in [3.05, 3.63) is 92.9 Å². The summed E-state index contributed by atoms with van der Waals surface area (Å²) in [6.07, 6.45) is 1.54. The molecule has 5 nitrogen and oxygen atoms in total. The fraction of sp³-hybridized carbons (Fsp3) is 0.0952. The number of halogens is 1. The summed E-state index contributed by atoms with van der Waals surface area (Å²) in [5, 5.41) is 3.92. The maximum Gasteiger partial charge on any atom is 0.258 e. The first-order valence-electron chi connectivity index (χ1n) is 8.62. The second kappa shape index (κ2) is 7.58. The summed E-state index contributed by atoms with van der Waals surface area (Å²) in [5.41, 5.74) is 2.97. The van der Waals surface area contributed by atoms with Gasteiger partial charge in [-0.3, -0.25) is 14.9 Å². The smallest absolute Gasteiger partial charge is 0.258 e. The lowest BCUT2D eigenvalue weighted by Crippen LogP contribution is -2.22. The minimum absolute atomic E-state index is 0.202. The highest BCUT2D eigenvalue weighted by Gasteiger charge is 2.12. The Hall–Kier alpha value is -2.96. The standard InChI is InChI=1S/C21H16ClN3O2S/c1-13-6-8-17-18(10-13)28-21(23-17)24-20(27)15-7-9-19(26)25(12-15)11-14-4-2-3-5-16(14)22/h2-10,12H,11H2,1H3,(H,23,24,27). The average Bonchev–Trinajstić information content (AvgIpc) is 3.06. The van der Waals surface area contributed by atoms with E-state index in [1.807, 2.05) is 43.3 Å². The van der Waals surface area contributed by atoms with Crippen molar-refractivity contribution in [1.29, 1.82) is 0 Å². The third-order valence-corrected chi connectivity index (χ3v) is 5.61. The van der Waals surface area contributed by atoms with Gasteiger partial charge in [-0.2, -0.15) is 0 Å². The molecule has 0 atom stereocenters. The molecule has 7 heteroatoms. The number of nitrogens with one attached hydrogen (secondary N) is 1. The Labute approximate surface area is 170 Å². The van der Waals surface area contributed by atoms with Crippen molar-refractivity contribution < 1.29 is 4.79 Å². The van der Waals surface area contributed by atoms with E-state index in [2.05, 4.69) is 10.3 Å². The summed E-state index contributed by atoms with van der Waals surface area (Å²) < 4.78 is 2.48. The van der Waals surface area contributed by atoms with Crippen LogP contribution < -0.4 is 10.9 Å². The minimum atomic E-state index is -0.316. The van der Waals surface area contributed by atoms with Crippen molar-refractivity contribution in [2.75, 3.05) is 5.32 Å². The summed E-state index contributed by atoms with van der Waals surface area (Å²) in [7, 11) is 0. The molecule has 0 aliphatic rings. The van der Waals surface area contributed by atoms with E-state index in [-0.39, 0.29) is 11.5 Å². The Bertz CT molecular complexity index is 1250. The Balaban J connectivity index is 1.58. The maximum absolute atomic E-state index is 12.7. The first-order valence-corrected chi connectivity index (χ1v) is 9.81. The number of nitrogens with zero attached hydrogens (tertiary/aromatic N) is 2. The van der Waals surface area contributed by atoms with E-state index >= 15 is 0 Å². The van der Waals surface area contributed by atoms with Gasteiger partial charge in [0.15, 0.2) is 5.13 Å². The van der Waals surface area contributed by atoms with Crippen molar-refractivity contribution in [3.63, 3.8) is 0 Å². The number of thiazole rings is 1. The van der Waals surface area contributed by atoms with Gasteiger partial charge in [-0.1, -0.05) is 47.2 Å². The second-order valence-corrected chi connectivity index (χ2v) is 7.86. The zero-order chi connectivity index (χ0) is 19.7. The minimum Gasteiger partial charge on any atom is -0.310 e. The molecule has 140 valence electrons. The number of amides is 1. The zero-order valence-electron chi connectivity index (χ0n) is 15.0. The lowest BCUT2D eigenvalue weighted by Gasteiger charge is -2.09. The van der Waals surface area contributed by atoms with Gasteiger partial charge in [-0.05, 0) is 42.3 Å². The SMILES string of the molecule is Cc1ccc2nc(NC(=O)c3ccc(=O)n(Cc4ccccc4Cl)c3)sc2c1. The average molecular weight is 410 g/mol. The van der Waals surface area contributed by atoms with Gasteiger partial charge in [-0.15, -0.1) is 0 Å². The van der Waals surface area contributed by atoms with Gasteiger partial charge in [-0.25, -0.2) is 4.98 Å². The number of anilines is 1. The number of carbonyl (C=O) groups excluding carboxylic acids is 1. The molecular weight excluding hydrogens is 394 g/mol. The molecule has 2 heterocycles. The molecular formula is C21H16ClN3O2S. The van der Waals surface area contributed by atoms with Gasteiger partial charge in [0.2, 0.25) is 0 Å². The van der Waals surface area contributed by atoms with E-state index in [1.54, 1.807) is 12.3 Å². The molecule has 4 aromatic rings. The van der Waals surface area contributed by atoms with Gasteiger partial charge in [0.25, 0.3) is 11.5 Å². The Morgan fingerprint density at radius 3 is 2.82 bits per heavy atom. The largest absolute Gasteiger partial charge is 0.310 e. The van der Waals surface area contributed by atoms with Crippen LogP contribution in [0.25, 0.3) is 10.2 Å². The van der Waals surface area contributed by atoms with Gasteiger partial charge < -0.3 is 4.57 Å². The van der Waals surface area contributed by atoms with Crippen LogP contribution in [0.1, 0.15) is 21.5 Å². The van der Waals surface area contributed by atoms with E-state index < -0.39 is 0 Å². The van der Waals surface area contributed by atoms with Crippen LogP contribution in [-0.4, -0.2) is 15.5 Å². The van der Waals surface area contributed by atoms with Crippen LogP contribution in [0.5, 0.6) is 0 Å². The molecule has 4 rings (SSSR count). The summed E-state index contributed by atoms with van der Waals surface area (Å²) in [6.45, 7) is 2.31. The van der Waals surface area contributed by atoms with E-state index in [0.29, 0.717) is 22.3 Å². The molecule has 0 saturated heterocycles. The molecule has 0 unspecified atom stereocenters. The molecule has 0 bridgehead atoms. The van der Waals surface area contributed by atoms with Crippen molar-refractivity contribution in [2.45, 2.75) is 13.5 Å². The monoisotopic (exact) mass is 409 g/mol. The normalized spacial score (nSPS) is 10.9. The first kappa shape index (κ1) is 18.4. The summed E-state index contributed by atoms with van der Waals surface area (Å²) in [5.74, 6) is -0.316. The number of hydrogen-bond acceptors (Lipinski definition) is 4. The molecule has 0 aliphatic heterocycles. The van der Waals surface area contributed by atoms with Crippen LogP contribution in [0.15, 0.2) is 65.6 Å².